The molecule has 4 rings (SSSR count). The highest BCUT2D eigenvalue weighted by Gasteiger charge is 2.12. The number of ether oxygens (including phenoxy) is 1. The van der Waals surface area contributed by atoms with Crippen LogP contribution in [0, 0.1) is 0 Å². The summed E-state index contributed by atoms with van der Waals surface area (Å²) >= 11 is 0. The number of hydrogen-bond acceptors (Lipinski definition) is 4. The van der Waals surface area contributed by atoms with E-state index in [1.165, 1.54) is 6.21 Å². The van der Waals surface area contributed by atoms with E-state index < -0.39 is 0 Å². The molecule has 1 N–H and O–H groups in total. The van der Waals surface area contributed by atoms with Crippen molar-refractivity contribution in [3.8, 4) is 22.7 Å². The summed E-state index contributed by atoms with van der Waals surface area (Å²) in [6.07, 6.45) is 3.25. The average molecular weight is 343 g/mol. The third-order valence-electron chi connectivity index (χ3n) is 4.28. The Kier molecular flexibility index (Phi) is 4.11. The SMILES string of the molecule is COc1ccc2cc(-c3nn(-c4ccccc4)cc3/C=N\O)ccc2c1. The first-order valence-electron chi connectivity index (χ1n) is 8.19. The van der Waals surface area contributed by atoms with Gasteiger partial charge in [0.05, 0.1) is 19.0 Å². The Morgan fingerprint density at radius 1 is 1.00 bits per heavy atom. The molecular weight excluding hydrogens is 326 g/mol. The Labute approximate surface area is 150 Å². The molecule has 0 bridgehead atoms. The van der Waals surface area contributed by atoms with Crippen molar-refractivity contribution in [2.75, 3.05) is 7.11 Å². The second-order valence-electron chi connectivity index (χ2n) is 5.89. The zero-order chi connectivity index (χ0) is 17.9. The number of fused-ring (bicyclic) bond motifs is 1. The largest absolute Gasteiger partial charge is 0.497 e. The number of aromatic nitrogens is 2. The average Bonchev–Trinajstić information content (AvgIpc) is 3.12. The molecule has 128 valence electrons. The first-order valence-corrected chi connectivity index (χ1v) is 8.19. The molecule has 0 saturated carbocycles. The van der Waals surface area contributed by atoms with E-state index in [1.807, 2.05) is 66.9 Å². The fraction of sp³-hybridized carbons (Fsp3) is 0.0476. The smallest absolute Gasteiger partial charge is 0.119 e. The van der Waals surface area contributed by atoms with Gasteiger partial charge in [-0.1, -0.05) is 41.6 Å². The third-order valence-corrected chi connectivity index (χ3v) is 4.28. The zero-order valence-electron chi connectivity index (χ0n) is 14.2. The normalized spacial score (nSPS) is 11.3. The highest BCUT2D eigenvalue weighted by atomic mass is 16.5. The molecule has 26 heavy (non-hydrogen) atoms. The van der Waals surface area contributed by atoms with Crippen molar-refractivity contribution in [1.82, 2.24) is 9.78 Å². The van der Waals surface area contributed by atoms with E-state index in [1.54, 1.807) is 11.8 Å². The summed E-state index contributed by atoms with van der Waals surface area (Å²) in [5.41, 5.74) is 3.39. The summed E-state index contributed by atoms with van der Waals surface area (Å²) in [7, 11) is 1.66. The van der Waals surface area contributed by atoms with Gasteiger partial charge in [0.15, 0.2) is 0 Å². The van der Waals surface area contributed by atoms with Crippen LogP contribution in [0.1, 0.15) is 5.56 Å². The van der Waals surface area contributed by atoms with Crippen LogP contribution in [0.5, 0.6) is 5.75 Å². The van der Waals surface area contributed by atoms with Gasteiger partial charge in [-0.3, -0.25) is 0 Å². The van der Waals surface area contributed by atoms with Crippen molar-refractivity contribution in [3.63, 3.8) is 0 Å². The van der Waals surface area contributed by atoms with Crippen LogP contribution in [0.4, 0.5) is 0 Å². The molecule has 0 saturated heterocycles. The van der Waals surface area contributed by atoms with Crippen molar-refractivity contribution in [2.45, 2.75) is 0 Å². The maximum absolute atomic E-state index is 9.02. The fourth-order valence-electron chi connectivity index (χ4n) is 2.98. The second-order valence-corrected chi connectivity index (χ2v) is 5.89. The van der Waals surface area contributed by atoms with Gasteiger partial charge in [0, 0.05) is 17.3 Å². The molecule has 0 unspecified atom stereocenters. The van der Waals surface area contributed by atoms with E-state index in [0.717, 1.165) is 39.0 Å². The number of methoxy groups -OCH3 is 1. The number of rotatable bonds is 4. The van der Waals surface area contributed by atoms with Gasteiger partial charge < -0.3 is 9.94 Å². The van der Waals surface area contributed by atoms with Gasteiger partial charge in [0.25, 0.3) is 0 Å². The van der Waals surface area contributed by atoms with Gasteiger partial charge in [0.1, 0.15) is 11.4 Å². The van der Waals surface area contributed by atoms with Crippen LogP contribution in [-0.2, 0) is 0 Å². The van der Waals surface area contributed by atoms with Crippen molar-refractivity contribution in [1.29, 1.82) is 0 Å². The summed E-state index contributed by atoms with van der Waals surface area (Å²) in [4.78, 5) is 0. The maximum atomic E-state index is 9.02. The minimum absolute atomic E-state index is 0.740. The molecular formula is C21H17N3O2. The summed E-state index contributed by atoms with van der Waals surface area (Å²) in [5.74, 6) is 0.826. The topological polar surface area (TPSA) is 59.6 Å². The Hall–Kier alpha value is -3.60. The lowest BCUT2D eigenvalue weighted by Crippen LogP contribution is -1.94. The molecule has 0 fully saturated rings. The monoisotopic (exact) mass is 343 g/mol. The highest BCUT2D eigenvalue weighted by Crippen LogP contribution is 2.28. The van der Waals surface area contributed by atoms with Gasteiger partial charge >= 0.3 is 0 Å². The van der Waals surface area contributed by atoms with Crippen molar-refractivity contribution in [3.05, 3.63) is 78.5 Å². The molecule has 3 aromatic carbocycles. The summed E-state index contributed by atoms with van der Waals surface area (Å²) in [5, 5.41) is 19.1. The maximum Gasteiger partial charge on any atom is 0.119 e. The molecule has 4 aromatic rings. The minimum atomic E-state index is 0.740. The molecule has 5 heteroatoms. The van der Waals surface area contributed by atoms with Gasteiger partial charge in [-0.15, -0.1) is 0 Å². The van der Waals surface area contributed by atoms with Crippen LogP contribution < -0.4 is 4.74 Å². The van der Waals surface area contributed by atoms with Gasteiger partial charge in [-0.2, -0.15) is 5.10 Å². The summed E-state index contributed by atoms with van der Waals surface area (Å²) in [6.45, 7) is 0. The minimum Gasteiger partial charge on any atom is -0.497 e. The molecule has 0 aliphatic carbocycles. The van der Waals surface area contributed by atoms with E-state index in [0.29, 0.717) is 0 Å². The van der Waals surface area contributed by atoms with Crippen LogP contribution in [-0.4, -0.2) is 28.3 Å². The lowest BCUT2D eigenvalue weighted by atomic mass is 10.0. The zero-order valence-corrected chi connectivity index (χ0v) is 14.2. The number of oxime groups is 1. The first-order chi connectivity index (χ1) is 12.8. The van der Waals surface area contributed by atoms with Crippen molar-refractivity contribution in [2.24, 2.45) is 5.16 Å². The van der Waals surface area contributed by atoms with Crippen LogP contribution >= 0.6 is 0 Å². The second kappa shape index (κ2) is 6.72. The molecule has 0 aliphatic rings. The van der Waals surface area contributed by atoms with E-state index >= 15 is 0 Å². The molecule has 1 aromatic heterocycles. The Balaban J connectivity index is 1.83. The lowest BCUT2D eigenvalue weighted by molar-refractivity contribution is 0.322. The quantitative estimate of drug-likeness (QED) is 0.337. The third kappa shape index (κ3) is 2.91. The molecule has 0 amide bonds. The van der Waals surface area contributed by atoms with E-state index in [2.05, 4.69) is 11.2 Å². The van der Waals surface area contributed by atoms with E-state index in [4.69, 9.17) is 15.0 Å². The molecule has 0 radical (unpaired) electrons. The van der Waals surface area contributed by atoms with Gasteiger partial charge in [0.2, 0.25) is 0 Å². The Bertz CT molecular complexity index is 1090. The molecule has 0 atom stereocenters. The predicted molar refractivity (Wildman–Crippen MR) is 102 cm³/mol. The Morgan fingerprint density at radius 3 is 2.54 bits per heavy atom. The van der Waals surface area contributed by atoms with E-state index in [-0.39, 0.29) is 0 Å². The fourth-order valence-corrected chi connectivity index (χ4v) is 2.98. The van der Waals surface area contributed by atoms with Crippen LogP contribution in [0.3, 0.4) is 0 Å². The molecule has 1 heterocycles. The standard InChI is InChI=1S/C21H17N3O2/c1-26-20-10-9-15-11-17(8-7-16(15)12-20)21-18(13-22-25)14-24(23-21)19-5-3-2-4-6-19/h2-14,25H,1H3/b22-13-. The predicted octanol–water partition coefficient (Wildman–Crippen LogP) is 4.51. The van der Waals surface area contributed by atoms with E-state index in [9.17, 15) is 0 Å². The number of nitrogens with zero attached hydrogens (tertiary/aromatic N) is 3. The number of para-hydroxylation sites is 1. The van der Waals surface area contributed by atoms with Crippen molar-refractivity contribution < 1.29 is 9.94 Å². The van der Waals surface area contributed by atoms with Gasteiger partial charge in [-0.25, -0.2) is 4.68 Å². The van der Waals surface area contributed by atoms with Gasteiger partial charge in [-0.05, 0) is 41.1 Å². The van der Waals surface area contributed by atoms with Crippen molar-refractivity contribution >= 4 is 17.0 Å². The summed E-state index contributed by atoms with van der Waals surface area (Å²) < 4.78 is 7.06. The molecule has 0 spiro atoms. The summed E-state index contributed by atoms with van der Waals surface area (Å²) in [6, 6.07) is 21.9. The lowest BCUT2D eigenvalue weighted by Gasteiger charge is -2.05. The van der Waals surface area contributed by atoms with Crippen LogP contribution in [0.2, 0.25) is 0 Å². The Morgan fingerprint density at radius 2 is 1.77 bits per heavy atom. The van der Waals surface area contributed by atoms with Crippen LogP contribution in [0.25, 0.3) is 27.7 Å². The van der Waals surface area contributed by atoms with Crippen LogP contribution in [0.15, 0.2) is 78.1 Å². The molecule has 0 aliphatic heterocycles. The molecule has 5 nitrogen and oxygen atoms in total. The highest BCUT2D eigenvalue weighted by molar-refractivity contribution is 5.93. The number of hydrogen-bond donors (Lipinski definition) is 1. The first kappa shape index (κ1) is 15.9. The number of benzene rings is 3.